The van der Waals surface area contributed by atoms with Gasteiger partial charge in [0.1, 0.15) is 5.82 Å². The average Bonchev–Trinajstić information content (AvgIpc) is 2.55. The maximum Gasteiger partial charge on any atom is 0.254 e. The molecule has 0 unspecified atom stereocenters. The lowest BCUT2D eigenvalue weighted by molar-refractivity contribution is 0.0827. The van der Waals surface area contributed by atoms with Gasteiger partial charge in [0.25, 0.3) is 5.91 Å². The lowest BCUT2D eigenvalue weighted by Gasteiger charge is -2.35. The van der Waals surface area contributed by atoms with E-state index >= 15 is 0 Å². The number of pyridine rings is 1. The summed E-state index contributed by atoms with van der Waals surface area (Å²) >= 11 is 0. The van der Waals surface area contributed by atoms with E-state index in [2.05, 4.69) is 29.3 Å². The van der Waals surface area contributed by atoms with E-state index < -0.39 is 0 Å². The van der Waals surface area contributed by atoms with Crippen LogP contribution in [0, 0.1) is 5.92 Å². The van der Waals surface area contributed by atoms with Gasteiger partial charge < -0.3 is 15.1 Å². The fraction of sp³-hybridized carbons (Fsp3) is 0.667. The Morgan fingerprint density at radius 2 is 1.91 bits per heavy atom. The van der Waals surface area contributed by atoms with Crippen LogP contribution in [-0.4, -0.2) is 61.5 Å². The van der Waals surface area contributed by atoms with Crippen molar-refractivity contribution in [2.75, 3.05) is 40.1 Å². The van der Waals surface area contributed by atoms with Crippen LogP contribution in [0.1, 0.15) is 42.5 Å². The van der Waals surface area contributed by atoms with E-state index in [0.717, 1.165) is 18.3 Å². The fourth-order valence-corrected chi connectivity index (χ4v) is 3.38. The van der Waals surface area contributed by atoms with E-state index in [-0.39, 0.29) is 5.91 Å². The maximum absolute atomic E-state index is 11.9. The molecule has 1 fully saturated rings. The Hall–Kier alpha value is -1.62. The Bertz CT molecular complexity index is 492. The number of carbonyl (C=O) groups is 1. The molecule has 0 radical (unpaired) electrons. The van der Waals surface area contributed by atoms with Gasteiger partial charge in [-0.1, -0.05) is 19.3 Å². The maximum atomic E-state index is 11.9. The van der Waals surface area contributed by atoms with Crippen molar-refractivity contribution in [1.29, 1.82) is 0 Å². The van der Waals surface area contributed by atoms with Gasteiger partial charge >= 0.3 is 0 Å². The molecule has 0 aliphatic heterocycles. The molecule has 1 amide bonds. The molecule has 1 aliphatic rings. The number of rotatable bonds is 6. The van der Waals surface area contributed by atoms with Crippen LogP contribution in [0.25, 0.3) is 0 Å². The highest BCUT2D eigenvalue weighted by Crippen LogP contribution is 2.28. The van der Waals surface area contributed by atoms with Crippen LogP contribution in [0.15, 0.2) is 18.3 Å². The quantitative estimate of drug-likeness (QED) is 0.876. The highest BCUT2D eigenvalue weighted by atomic mass is 16.2. The van der Waals surface area contributed by atoms with Crippen molar-refractivity contribution in [3.8, 4) is 0 Å². The number of aromatic nitrogens is 1. The number of anilines is 1. The molecular formula is C18H30N4O. The van der Waals surface area contributed by atoms with E-state index in [0.29, 0.717) is 11.6 Å². The second kappa shape index (κ2) is 8.29. The summed E-state index contributed by atoms with van der Waals surface area (Å²) in [6.45, 7) is 0.894. The summed E-state index contributed by atoms with van der Waals surface area (Å²) < 4.78 is 0. The van der Waals surface area contributed by atoms with E-state index in [1.807, 2.05) is 12.1 Å². The second-order valence-electron chi connectivity index (χ2n) is 6.94. The molecule has 2 rings (SSSR count). The van der Waals surface area contributed by atoms with Crippen molar-refractivity contribution in [1.82, 2.24) is 14.8 Å². The SMILES string of the molecule is CN(C)C(=O)c1ccc(NC[C@@H](C2CCCCC2)N(C)C)nc1. The largest absolute Gasteiger partial charge is 0.368 e. The first-order chi connectivity index (χ1) is 11.0. The van der Waals surface area contributed by atoms with Crippen molar-refractivity contribution >= 4 is 11.7 Å². The molecule has 1 atom stereocenters. The van der Waals surface area contributed by atoms with E-state index in [9.17, 15) is 4.79 Å². The summed E-state index contributed by atoms with van der Waals surface area (Å²) in [5.41, 5.74) is 0.622. The van der Waals surface area contributed by atoms with Gasteiger partial charge in [-0.25, -0.2) is 4.98 Å². The van der Waals surface area contributed by atoms with Gasteiger partial charge in [0.2, 0.25) is 0 Å². The number of likely N-dealkylation sites (N-methyl/N-ethyl adjacent to an activating group) is 1. The Kier molecular flexibility index (Phi) is 6.39. The van der Waals surface area contributed by atoms with Crippen LogP contribution in [0.4, 0.5) is 5.82 Å². The molecule has 1 aromatic heterocycles. The van der Waals surface area contributed by atoms with Gasteiger partial charge in [-0.05, 0) is 45.0 Å². The van der Waals surface area contributed by atoms with Gasteiger partial charge in [0.15, 0.2) is 0 Å². The standard InChI is InChI=1S/C18H30N4O/c1-21(2)16(14-8-6-5-7-9-14)13-20-17-11-10-15(12-19-17)18(23)22(3)4/h10-12,14,16H,5-9,13H2,1-4H3,(H,19,20)/t16-/m0/s1. The Balaban J connectivity index is 1.93. The Labute approximate surface area is 140 Å². The molecular weight excluding hydrogens is 288 g/mol. The third kappa shape index (κ3) is 4.93. The molecule has 0 spiro atoms. The van der Waals surface area contributed by atoms with Crippen LogP contribution < -0.4 is 5.32 Å². The number of amides is 1. The molecule has 1 aliphatic carbocycles. The Morgan fingerprint density at radius 1 is 1.22 bits per heavy atom. The number of carbonyl (C=O) groups excluding carboxylic acids is 1. The average molecular weight is 318 g/mol. The van der Waals surface area contributed by atoms with Crippen molar-refractivity contribution in [2.45, 2.75) is 38.1 Å². The van der Waals surface area contributed by atoms with Gasteiger partial charge in [-0.15, -0.1) is 0 Å². The third-order valence-electron chi connectivity index (χ3n) is 4.77. The zero-order chi connectivity index (χ0) is 16.8. The molecule has 0 bridgehead atoms. The number of hydrogen-bond acceptors (Lipinski definition) is 4. The second-order valence-corrected chi connectivity index (χ2v) is 6.94. The zero-order valence-electron chi connectivity index (χ0n) is 14.9. The number of hydrogen-bond donors (Lipinski definition) is 1. The van der Waals surface area contributed by atoms with E-state index in [4.69, 9.17) is 0 Å². The molecule has 23 heavy (non-hydrogen) atoms. The number of nitrogens with zero attached hydrogens (tertiary/aromatic N) is 3. The fourth-order valence-electron chi connectivity index (χ4n) is 3.38. The van der Waals surface area contributed by atoms with Gasteiger partial charge in [-0.2, -0.15) is 0 Å². The van der Waals surface area contributed by atoms with E-state index in [1.54, 1.807) is 25.2 Å². The van der Waals surface area contributed by atoms with Crippen LogP contribution in [-0.2, 0) is 0 Å². The number of nitrogens with one attached hydrogen (secondary N) is 1. The van der Waals surface area contributed by atoms with Crippen molar-refractivity contribution in [3.05, 3.63) is 23.9 Å². The minimum absolute atomic E-state index is 0.0163. The summed E-state index contributed by atoms with van der Waals surface area (Å²) in [6.07, 6.45) is 8.40. The van der Waals surface area contributed by atoms with Crippen LogP contribution in [0.2, 0.25) is 0 Å². The Morgan fingerprint density at radius 3 is 2.43 bits per heavy atom. The molecule has 1 heterocycles. The lowest BCUT2D eigenvalue weighted by Crippen LogP contribution is -2.41. The van der Waals surface area contributed by atoms with E-state index in [1.165, 1.54) is 32.1 Å². The summed E-state index contributed by atoms with van der Waals surface area (Å²) in [5.74, 6) is 1.58. The summed E-state index contributed by atoms with van der Waals surface area (Å²) in [4.78, 5) is 20.1. The molecule has 5 heteroatoms. The zero-order valence-corrected chi connectivity index (χ0v) is 14.9. The predicted octanol–water partition coefficient (Wildman–Crippen LogP) is 2.71. The molecule has 0 saturated heterocycles. The topological polar surface area (TPSA) is 48.5 Å². The highest BCUT2D eigenvalue weighted by Gasteiger charge is 2.25. The first-order valence-electron chi connectivity index (χ1n) is 8.57. The van der Waals surface area contributed by atoms with Crippen molar-refractivity contribution < 1.29 is 4.79 Å². The minimum atomic E-state index is -0.0163. The molecule has 1 N–H and O–H groups in total. The monoisotopic (exact) mass is 318 g/mol. The first-order valence-corrected chi connectivity index (χ1v) is 8.57. The predicted molar refractivity (Wildman–Crippen MR) is 94.8 cm³/mol. The molecule has 5 nitrogen and oxygen atoms in total. The first kappa shape index (κ1) is 17.7. The minimum Gasteiger partial charge on any atom is -0.368 e. The lowest BCUT2D eigenvalue weighted by atomic mass is 9.83. The van der Waals surface area contributed by atoms with Gasteiger partial charge in [-0.3, -0.25) is 4.79 Å². The molecule has 1 saturated carbocycles. The van der Waals surface area contributed by atoms with Crippen LogP contribution in [0.5, 0.6) is 0 Å². The third-order valence-corrected chi connectivity index (χ3v) is 4.77. The molecule has 1 aromatic rings. The van der Waals surface area contributed by atoms with Gasteiger partial charge in [0, 0.05) is 32.9 Å². The summed E-state index contributed by atoms with van der Waals surface area (Å²) in [6, 6.07) is 4.26. The van der Waals surface area contributed by atoms with Crippen molar-refractivity contribution in [3.63, 3.8) is 0 Å². The molecule has 128 valence electrons. The van der Waals surface area contributed by atoms with Crippen LogP contribution in [0.3, 0.4) is 0 Å². The summed E-state index contributed by atoms with van der Waals surface area (Å²) in [7, 11) is 7.82. The van der Waals surface area contributed by atoms with Crippen LogP contribution >= 0.6 is 0 Å². The van der Waals surface area contributed by atoms with Crippen molar-refractivity contribution in [2.24, 2.45) is 5.92 Å². The summed E-state index contributed by atoms with van der Waals surface area (Å²) in [5, 5.41) is 3.44. The van der Waals surface area contributed by atoms with Gasteiger partial charge in [0.05, 0.1) is 5.56 Å². The normalized spacial score (nSPS) is 17.1. The highest BCUT2D eigenvalue weighted by molar-refractivity contribution is 5.93. The molecule has 0 aromatic carbocycles. The smallest absolute Gasteiger partial charge is 0.254 e.